The SMILES string of the molecule is Nc1ccc(-c2ccc(O)cc2)cc1O. The number of benzene rings is 2. The molecule has 2 aromatic rings. The zero-order valence-corrected chi connectivity index (χ0v) is 8.01. The molecule has 0 heterocycles. The summed E-state index contributed by atoms with van der Waals surface area (Å²) in [4.78, 5) is 0. The zero-order valence-electron chi connectivity index (χ0n) is 8.01. The molecular formula is C12H11NO2. The van der Waals surface area contributed by atoms with Crippen molar-refractivity contribution in [3.63, 3.8) is 0 Å². The van der Waals surface area contributed by atoms with Gasteiger partial charge in [-0.05, 0) is 35.4 Å². The molecule has 4 N–H and O–H groups in total. The normalized spacial score (nSPS) is 10.1. The molecule has 0 radical (unpaired) electrons. The molecule has 0 bridgehead atoms. The molecule has 76 valence electrons. The maximum atomic E-state index is 9.44. The van der Waals surface area contributed by atoms with Crippen LogP contribution in [0.15, 0.2) is 42.5 Å². The summed E-state index contributed by atoms with van der Waals surface area (Å²) in [6, 6.07) is 11.8. The number of nitrogen functional groups attached to an aromatic ring is 1. The fourth-order valence-corrected chi connectivity index (χ4v) is 1.38. The van der Waals surface area contributed by atoms with Crippen LogP contribution in [-0.2, 0) is 0 Å². The molecule has 0 aromatic heterocycles. The number of hydrogen-bond acceptors (Lipinski definition) is 3. The molecule has 0 unspecified atom stereocenters. The second kappa shape index (κ2) is 3.53. The molecule has 15 heavy (non-hydrogen) atoms. The van der Waals surface area contributed by atoms with Crippen LogP contribution in [0.4, 0.5) is 5.69 Å². The highest BCUT2D eigenvalue weighted by molar-refractivity contribution is 5.69. The van der Waals surface area contributed by atoms with E-state index in [-0.39, 0.29) is 11.5 Å². The van der Waals surface area contributed by atoms with Gasteiger partial charge < -0.3 is 15.9 Å². The molecule has 2 aromatic carbocycles. The summed E-state index contributed by atoms with van der Waals surface area (Å²) in [7, 11) is 0. The molecule has 3 heteroatoms. The fraction of sp³-hybridized carbons (Fsp3) is 0. The van der Waals surface area contributed by atoms with Crippen LogP contribution in [0, 0.1) is 0 Å². The number of nitrogens with two attached hydrogens (primary N) is 1. The molecule has 0 spiro atoms. The van der Waals surface area contributed by atoms with Gasteiger partial charge in [0.15, 0.2) is 0 Å². The Balaban J connectivity index is 2.45. The predicted molar refractivity (Wildman–Crippen MR) is 59.6 cm³/mol. The highest BCUT2D eigenvalue weighted by atomic mass is 16.3. The Morgan fingerprint density at radius 1 is 0.800 bits per heavy atom. The van der Waals surface area contributed by atoms with Gasteiger partial charge in [-0.15, -0.1) is 0 Å². The molecule has 0 atom stereocenters. The molecule has 0 aliphatic heterocycles. The Hall–Kier alpha value is -2.16. The van der Waals surface area contributed by atoms with Crippen molar-refractivity contribution in [1.82, 2.24) is 0 Å². The minimum atomic E-state index is 0.0700. The monoisotopic (exact) mass is 201 g/mol. The lowest BCUT2D eigenvalue weighted by Crippen LogP contribution is -1.85. The third kappa shape index (κ3) is 1.86. The van der Waals surface area contributed by atoms with Gasteiger partial charge in [-0.1, -0.05) is 18.2 Å². The molecule has 0 aliphatic carbocycles. The van der Waals surface area contributed by atoms with E-state index in [0.29, 0.717) is 5.69 Å². The van der Waals surface area contributed by atoms with Gasteiger partial charge in [0.25, 0.3) is 0 Å². The van der Waals surface area contributed by atoms with Gasteiger partial charge in [-0.3, -0.25) is 0 Å². The number of aromatic hydroxyl groups is 2. The van der Waals surface area contributed by atoms with E-state index in [4.69, 9.17) is 10.8 Å². The molecule has 0 saturated carbocycles. The van der Waals surface area contributed by atoms with E-state index in [2.05, 4.69) is 0 Å². The topological polar surface area (TPSA) is 66.5 Å². The van der Waals surface area contributed by atoms with Crippen LogP contribution in [-0.4, -0.2) is 10.2 Å². The quantitative estimate of drug-likeness (QED) is 0.490. The summed E-state index contributed by atoms with van der Waals surface area (Å²) in [5, 5.41) is 18.6. The minimum absolute atomic E-state index is 0.0700. The first kappa shape index (κ1) is 9.40. The molecule has 2 rings (SSSR count). The Morgan fingerprint density at radius 2 is 1.40 bits per heavy atom. The number of hydrogen-bond donors (Lipinski definition) is 3. The van der Waals surface area contributed by atoms with Gasteiger partial charge in [0, 0.05) is 0 Å². The van der Waals surface area contributed by atoms with Gasteiger partial charge in [-0.25, -0.2) is 0 Å². The van der Waals surface area contributed by atoms with Crippen molar-refractivity contribution in [2.75, 3.05) is 5.73 Å². The van der Waals surface area contributed by atoms with E-state index in [9.17, 15) is 5.11 Å². The number of rotatable bonds is 1. The third-order valence-corrected chi connectivity index (χ3v) is 2.23. The summed E-state index contributed by atoms with van der Waals surface area (Å²) in [6.07, 6.45) is 0. The summed E-state index contributed by atoms with van der Waals surface area (Å²) in [6.45, 7) is 0. The number of phenols is 2. The van der Waals surface area contributed by atoms with Gasteiger partial charge >= 0.3 is 0 Å². The van der Waals surface area contributed by atoms with Crippen molar-refractivity contribution >= 4 is 5.69 Å². The molecule has 0 aliphatic rings. The van der Waals surface area contributed by atoms with Crippen molar-refractivity contribution in [2.24, 2.45) is 0 Å². The highest BCUT2D eigenvalue weighted by Gasteiger charge is 2.01. The maximum absolute atomic E-state index is 9.44. The molecule has 0 saturated heterocycles. The van der Waals surface area contributed by atoms with Crippen LogP contribution in [0.25, 0.3) is 11.1 Å². The first-order chi connectivity index (χ1) is 7.16. The minimum Gasteiger partial charge on any atom is -0.508 e. The van der Waals surface area contributed by atoms with Crippen molar-refractivity contribution in [3.05, 3.63) is 42.5 Å². The van der Waals surface area contributed by atoms with Crippen LogP contribution >= 0.6 is 0 Å². The second-order valence-electron chi connectivity index (χ2n) is 3.32. The van der Waals surface area contributed by atoms with Crippen LogP contribution < -0.4 is 5.73 Å². The largest absolute Gasteiger partial charge is 0.508 e. The first-order valence-corrected chi connectivity index (χ1v) is 4.55. The summed E-state index contributed by atoms with van der Waals surface area (Å²) < 4.78 is 0. The average molecular weight is 201 g/mol. The zero-order chi connectivity index (χ0) is 10.8. The van der Waals surface area contributed by atoms with Crippen molar-refractivity contribution in [1.29, 1.82) is 0 Å². The second-order valence-corrected chi connectivity index (χ2v) is 3.32. The lowest BCUT2D eigenvalue weighted by molar-refractivity contribution is 0.475. The van der Waals surface area contributed by atoms with Gasteiger partial charge in [0.1, 0.15) is 11.5 Å². The van der Waals surface area contributed by atoms with Gasteiger partial charge in [-0.2, -0.15) is 0 Å². The molecule has 0 amide bonds. The van der Waals surface area contributed by atoms with Crippen LogP contribution in [0.2, 0.25) is 0 Å². The van der Waals surface area contributed by atoms with Crippen molar-refractivity contribution < 1.29 is 10.2 Å². The van der Waals surface area contributed by atoms with E-state index in [1.54, 1.807) is 36.4 Å². The Morgan fingerprint density at radius 3 is 2.00 bits per heavy atom. The van der Waals surface area contributed by atoms with E-state index >= 15 is 0 Å². The Bertz CT molecular complexity index is 477. The summed E-state index contributed by atoms with van der Waals surface area (Å²) in [5.74, 6) is 0.291. The Labute approximate surface area is 87.4 Å². The van der Waals surface area contributed by atoms with E-state index in [1.807, 2.05) is 6.07 Å². The van der Waals surface area contributed by atoms with E-state index < -0.39 is 0 Å². The first-order valence-electron chi connectivity index (χ1n) is 4.55. The standard InChI is InChI=1S/C12H11NO2/c13-11-6-3-9(7-12(11)15)8-1-4-10(14)5-2-8/h1-7,14-15H,13H2. The van der Waals surface area contributed by atoms with Crippen LogP contribution in [0.5, 0.6) is 11.5 Å². The average Bonchev–Trinajstić information content (AvgIpc) is 2.23. The van der Waals surface area contributed by atoms with Gasteiger partial charge in [0.05, 0.1) is 5.69 Å². The molecule has 0 fully saturated rings. The molecule has 3 nitrogen and oxygen atoms in total. The van der Waals surface area contributed by atoms with E-state index in [0.717, 1.165) is 11.1 Å². The smallest absolute Gasteiger partial charge is 0.139 e. The fourth-order valence-electron chi connectivity index (χ4n) is 1.38. The van der Waals surface area contributed by atoms with E-state index in [1.165, 1.54) is 0 Å². The van der Waals surface area contributed by atoms with Gasteiger partial charge in [0.2, 0.25) is 0 Å². The Kier molecular flexibility index (Phi) is 2.21. The third-order valence-electron chi connectivity index (χ3n) is 2.23. The highest BCUT2D eigenvalue weighted by Crippen LogP contribution is 2.28. The predicted octanol–water partition coefficient (Wildman–Crippen LogP) is 2.35. The van der Waals surface area contributed by atoms with Crippen molar-refractivity contribution in [2.45, 2.75) is 0 Å². The summed E-state index contributed by atoms with van der Waals surface area (Å²) in [5.41, 5.74) is 7.64. The van der Waals surface area contributed by atoms with Crippen LogP contribution in [0.3, 0.4) is 0 Å². The molecular weight excluding hydrogens is 190 g/mol. The van der Waals surface area contributed by atoms with Crippen LogP contribution in [0.1, 0.15) is 0 Å². The van der Waals surface area contributed by atoms with Crippen molar-refractivity contribution in [3.8, 4) is 22.6 Å². The maximum Gasteiger partial charge on any atom is 0.139 e. The lowest BCUT2D eigenvalue weighted by atomic mass is 10.0. The summed E-state index contributed by atoms with van der Waals surface area (Å²) >= 11 is 0. The lowest BCUT2D eigenvalue weighted by Gasteiger charge is -2.04. The number of anilines is 1. The number of phenolic OH excluding ortho intramolecular Hbond substituents is 2.